The number of carboxylic acid groups (broad SMARTS) is 2. The maximum absolute atomic E-state index is 11.7. The predicted molar refractivity (Wildman–Crippen MR) is 62.3 cm³/mol. The van der Waals surface area contributed by atoms with Crippen LogP contribution in [0.5, 0.6) is 0 Å². The summed E-state index contributed by atoms with van der Waals surface area (Å²) in [7, 11) is 0. The molecule has 1 unspecified atom stereocenters. The van der Waals surface area contributed by atoms with Crippen molar-refractivity contribution in [3.05, 3.63) is 35.4 Å². The summed E-state index contributed by atoms with van der Waals surface area (Å²) in [6, 6.07) is 5.08. The lowest BCUT2D eigenvalue weighted by molar-refractivity contribution is -0.145. The van der Waals surface area contributed by atoms with E-state index >= 15 is 0 Å². The molecule has 1 rings (SSSR count). The second-order valence-electron chi connectivity index (χ2n) is 3.83. The van der Waals surface area contributed by atoms with Crippen LogP contribution >= 0.6 is 0 Å². The molecule has 0 aliphatic carbocycles. The average molecular weight is 251 g/mol. The predicted octanol–water partition coefficient (Wildman–Crippen LogP) is 0.653. The van der Waals surface area contributed by atoms with Crippen LogP contribution in [0.1, 0.15) is 22.3 Å². The Morgan fingerprint density at radius 2 is 1.72 bits per heavy atom. The van der Waals surface area contributed by atoms with Crippen molar-refractivity contribution in [3.63, 3.8) is 0 Å². The first-order chi connectivity index (χ1) is 8.40. The molecule has 0 aliphatic rings. The number of benzene rings is 1. The summed E-state index contributed by atoms with van der Waals surface area (Å²) in [5, 5.41) is 19.5. The number of carbonyl (C=O) groups is 3. The summed E-state index contributed by atoms with van der Waals surface area (Å²) >= 11 is 0. The molecule has 0 radical (unpaired) electrons. The summed E-state index contributed by atoms with van der Waals surface area (Å²) in [6.45, 7) is 1.85. The van der Waals surface area contributed by atoms with Gasteiger partial charge in [-0.2, -0.15) is 0 Å². The van der Waals surface area contributed by atoms with Crippen molar-refractivity contribution in [1.29, 1.82) is 0 Å². The van der Waals surface area contributed by atoms with Crippen LogP contribution in [-0.4, -0.2) is 34.1 Å². The highest BCUT2D eigenvalue weighted by Crippen LogP contribution is 2.04. The lowest BCUT2D eigenvalue weighted by atomic mass is 10.1. The molecule has 18 heavy (non-hydrogen) atoms. The lowest BCUT2D eigenvalue weighted by Crippen LogP contribution is -2.42. The van der Waals surface area contributed by atoms with Gasteiger partial charge in [0.05, 0.1) is 6.42 Å². The zero-order chi connectivity index (χ0) is 13.7. The molecule has 0 saturated carbocycles. The molecular formula is C12H13NO5. The number of nitrogens with one attached hydrogen (secondary N) is 1. The van der Waals surface area contributed by atoms with Crippen molar-refractivity contribution < 1.29 is 24.6 Å². The van der Waals surface area contributed by atoms with Crippen LogP contribution in [0.4, 0.5) is 0 Å². The molecule has 0 heterocycles. The fourth-order valence-electron chi connectivity index (χ4n) is 1.32. The minimum atomic E-state index is -1.43. The second-order valence-corrected chi connectivity index (χ2v) is 3.83. The highest BCUT2D eigenvalue weighted by atomic mass is 16.4. The summed E-state index contributed by atoms with van der Waals surface area (Å²) < 4.78 is 0. The van der Waals surface area contributed by atoms with Gasteiger partial charge in [0.2, 0.25) is 0 Å². The molecule has 1 aromatic carbocycles. The standard InChI is InChI=1S/C12H13NO5/c1-7-2-4-8(5-3-7)11(16)13-9(12(17)18)6-10(14)15/h2-5,9H,6H2,1H3,(H,13,16)(H,14,15)(H,17,18). The van der Waals surface area contributed by atoms with Crippen LogP contribution < -0.4 is 5.32 Å². The number of rotatable bonds is 5. The molecule has 0 saturated heterocycles. The fourth-order valence-corrected chi connectivity index (χ4v) is 1.32. The van der Waals surface area contributed by atoms with Crippen LogP contribution in [0, 0.1) is 6.92 Å². The van der Waals surface area contributed by atoms with E-state index in [9.17, 15) is 14.4 Å². The molecule has 0 aliphatic heterocycles. The molecule has 6 nitrogen and oxygen atoms in total. The number of aryl methyl sites for hydroxylation is 1. The van der Waals surface area contributed by atoms with E-state index in [1.54, 1.807) is 24.3 Å². The smallest absolute Gasteiger partial charge is 0.326 e. The van der Waals surface area contributed by atoms with Gasteiger partial charge in [-0.15, -0.1) is 0 Å². The Labute approximate surface area is 103 Å². The normalized spacial score (nSPS) is 11.6. The maximum atomic E-state index is 11.7. The van der Waals surface area contributed by atoms with Crippen LogP contribution in [-0.2, 0) is 9.59 Å². The van der Waals surface area contributed by atoms with E-state index in [-0.39, 0.29) is 5.56 Å². The molecule has 6 heteroatoms. The van der Waals surface area contributed by atoms with Crippen molar-refractivity contribution in [3.8, 4) is 0 Å². The lowest BCUT2D eigenvalue weighted by Gasteiger charge is -2.12. The Balaban J connectivity index is 2.75. The molecule has 1 atom stereocenters. The first-order valence-electron chi connectivity index (χ1n) is 5.22. The van der Waals surface area contributed by atoms with Crippen LogP contribution in [0.25, 0.3) is 0 Å². The third kappa shape index (κ3) is 3.89. The van der Waals surface area contributed by atoms with Gasteiger partial charge in [0.25, 0.3) is 5.91 Å². The van der Waals surface area contributed by atoms with E-state index in [0.29, 0.717) is 0 Å². The molecule has 3 N–H and O–H groups in total. The molecule has 1 amide bonds. The minimum Gasteiger partial charge on any atom is -0.481 e. The quantitative estimate of drug-likeness (QED) is 0.713. The zero-order valence-electron chi connectivity index (χ0n) is 9.71. The summed E-state index contributed by atoms with van der Waals surface area (Å²) in [6.07, 6.45) is -0.660. The highest BCUT2D eigenvalue weighted by Gasteiger charge is 2.23. The molecule has 96 valence electrons. The first-order valence-corrected chi connectivity index (χ1v) is 5.22. The topological polar surface area (TPSA) is 104 Å². The number of carbonyl (C=O) groups excluding carboxylic acids is 1. The first kappa shape index (κ1) is 13.7. The van der Waals surface area contributed by atoms with Gasteiger partial charge in [-0.3, -0.25) is 9.59 Å². The monoisotopic (exact) mass is 251 g/mol. The Morgan fingerprint density at radius 1 is 1.17 bits per heavy atom. The van der Waals surface area contributed by atoms with Crippen molar-refractivity contribution in [2.45, 2.75) is 19.4 Å². The van der Waals surface area contributed by atoms with Gasteiger partial charge >= 0.3 is 11.9 Å². The van der Waals surface area contributed by atoms with Gasteiger partial charge in [0, 0.05) is 5.56 Å². The van der Waals surface area contributed by atoms with E-state index < -0.39 is 30.3 Å². The second kappa shape index (κ2) is 5.81. The minimum absolute atomic E-state index is 0.289. The third-order valence-electron chi connectivity index (χ3n) is 2.30. The van der Waals surface area contributed by atoms with Gasteiger partial charge in [-0.05, 0) is 19.1 Å². The number of hydrogen-bond donors (Lipinski definition) is 3. The molecule has 1 aromatic rings. The van der Waals surface area contributed by atoms with Gasteiger partial charge in [-0.25, -0.2) is 4.79 Å². The molecular weight excluding hydrogens is 238 g/mol. The Hall–Kier alpha value is -2.37. The van der Waals surface area contributed by atoms with Crippen molar-refractivity contribution in [2.75, 3.05) is 0 Å². The van der Waals surface area contributed by atoms with E-state index in [4.69, 9.17) is 10.2 Å². The van der Waals surface area contributed by atoms with Crippen LogP contribution in [0.15, 0.2) is 24.3 Å². The fraction of sp³-hybridized carbons (Fsp3) is 0.250. The van der Waals surface area contributed by atoms with E-state index in [1.807, 2.05) is 6.92 Å². The average Bonchev–Trinajstić information content (AvgIpc) is 2.28. The van der Waals surface area contributed by atoms with E-state index in [0.717, 1.165) is 5.56 Å². The highest BCUT2D eigenvalue weighted by molar-refractivity contribution is 5.97. The van der Waals surface area contributed by atoms with Crippen molar-refractivity contribution in [1.82, 2.24) is 5.32 Å². The summed E-state index contributed by atoms with van der Waals surface area (Å²) in [5.41, 5.74) is 1.25. The molecule has 0 spiro atoms. The van der Waals surface area contributed by atoms with Gasteiger partial charge in [-0.1, -0.05) is 17.7 Å². The Kier molecular flexibility index (Phi) is 4.42. The van der Waals surface area contributed by atoms with E-state index in [1.165, 1.54) is 0 Å². The summed E-state index contributed by atoms with van der Waals surface area (Å²) in [5.74, 6) is -3.27. The van der Waals surface area contributed by atoms with Gasteiger partial charge in [0.1, 0.15) is 6.04 Å². The molecule has 0 aromatic heterocycles. The largest absolute Gasteiger partial charge is 0.481 e. The number of carboxylic acids is 2. The van der Waals surface area contributed by atoms with Crippen molar-refractivity contribution >= 4 is 17.8 Å². The SMILES string of the molecule is Cc1ccc(C(=O)NC(CC(=O)O)C(=O)O)cc1. The Morgan fingerprint density at radius 3 is 2.17 bits per heavy atom. The third-order valence-corrected chi connectivity index (χ3v) is 2.30. The summed E-state index contributed by atoms with van der Waals surface area (Å²) in [4.78, 5) is 32.9. The number of hydrogen-bond acceptors (Lipinski definition) is 3. The number of aliphatic carboxylic acids is 2. The maximum Gasteiger partial charge on any atom is 0.326 e. The molecule has 0 bridgehead atoms. The van der Waals surface area contributed by atoms with Crippen LogP contribution in [0.2, 0.25) is 0 Å². The zero-order valence-corrected chi connectivity index (χ0v) is 9.71. The van der Waals surface area contributed by atoms with Crippen LogP contribution in [0.3, 0.4) is 0 Å². The van der Waals surface area contributed by atoms with Gasteiger partial charge in [0.15, 0.2) is 0 Å². The van der Waals surface area contributed by atoms with Crippen molar-refractivity contribution in [2.24, 2.45) is 0 Å². The van der Waals surface area contributed by atoms with Gasteiger partial charge < -0.3 is 15.5 Å². The Bertz CT molecular complexity index is 466. The van der Waals surface area contributed by atoms with E-state index in [2.05, 4.69) is 5.32 Å². The molecule has 0 fully saturated rings. The number of amides is 1.